The molecule has 1 unspecified atom stereocenters. The zero-order valence-corrected chi connectivity index (χ0v) is 8.78. The van der Waals surface area contributed by atoms with Gasteiger partial charge in [-0.2, -0.15) is 18.3 Å². The van der Waals surface area contributed by atoms with Gasteiger partial charge in [-0.25, -0.2) is 4.79 Å². The molecule has 1 aromatic rings. The number of anilines is 1. The minimum Gasteiger partial charge on any atom is -0.478 e. The number of rotatable bonds is 1. The molecule has 1 N–H and O–H groups in total. The van der Waals surface area contributed by atoms with Gasteiger partial charge in [0.25, 0.3) is 0 Å². The summed E-state index contributed by atoms with van der Waals surface area (Å²) in [6.07, 6.45) is -4.17. The molecule has 2 rings (SSSR count). The summed E-state index contributed by atoms with van der Waals surface area (Å²) >= 11 is 0. The summed E-state index contributed by atoms with van der Waals surface area (Å²) < 4.78 is 51.9. The second-order valence-electron chi connectivity index (χ2n) is 3.72. The van der Waals surface area contributed by atoms with Crippen LogP contribution in [0.4, 0.5) is 23.3 Å². The van der Waals surface area contributed by atoms with Crippen molar-refractivity contribution in [2.75, 3.05) is 5.12 Å². The highest BCUT2D eigenvalue weighted by molar-refractivity contribution is 5.97. The summed E-state index contributed by atoms with van der Waals surface area (Å²) in [5.41, 5.74) is -1.24. The maximum absolute atomic E-state index is 13.8. The van der Waals surface area contributed by atoms with Crippen LogP contribution in [0.2, 0.25) is 0 Å². The van der Waals surface area contributed by atoms with Crippen LogP contribution in [0.5, 0.6) is 0 Å². The van der Waals surface area contributed by atoms with E-state index in [0.29, 0.717) is 0 Å². The van der Waals surface area contributed by atoms with E-state index in [1.54, 1.807) is 0 Å². The Balaban J connectivity index is 2.61. The van der Waals surface area contributed by atoms with Crippen LogP contribution >= 0.6 is 0 Å². The smallest absolute Gasteiger partial charge is 0.416 e. The molecule has 18 heavy (non-hydrogen) atoms. The van der Waals surface area contributed by atoms with Crippen LogP contribution in [0.25, 0.3) is 6.08 Å². The van der Waals surface area contributed by atoms with Gasteiger partial charge in [0.2, 0.25) is 0 Å². The third-order valence-corrected chi connectivity index (χ3v) is 2.56. The molecule has 0 bridgehead atoms. The molecule has 1 aliphatic heterocycles. The van der Waals surface area contributed by atoms with Crippen LogP contribution in [0, 0.1) is 0 Å². The molecular weight excluding hydrogens is 254 g/mol. The lowest BCUT2D eigenvalue weighted by molar-refractivity contribution is -0.155. The minimum absolute atomic E-state index is 0.0953. The highest BCUT2D eigenvalue weighted by atomic mass is 19.4. The molecule has 0 spiro atoms. The Morgan fingerprint density at radius 2 is 1.89 bits per heavy atom. The Hall–Kier alpha value is -2.05. The highest BCUT2D eigenvalue weighted by Gasteiger charge is 2.51. The van der Waals surface area contributed by atoms with Gasteiger partial charge >= 0.3 is 12.1 Å². The molecule has 0 amide bonds. The van der Waals surface area contributed by atoms with Gasteiger partial charge in [-0.1, -0.05) is 22.7 Å². The lowest BCUT2D eigenvalue weighted by Gasteiger charge is -2.31. The summed E-state index contributed by atoms with van der Waals surface area (Å²) in [5, 5.41) is 8.20. The first-order valence-electron chi connectivity index (χ1n) is 4.88. The van der Waals surface area contributed by atoms with Gasteiger partial charge in [0.15, 0.2) is 6.04 Å². The molecule has 0 aliphatic carbocycles. The lowest BCUT2D eigenvalue weighted by atomic mass is 9.97. The van der Waals surface area contributed by atoms with Gasteiger partial charge in [0, 0.05) is 5.56 Å². The van der Waals surface area contributed by atoms with Crippen LogP contribution in [0.3, 0.4) is 0 Å². The Kier molecular flexibility index (Phi) is 2.76. The van der Waals surface area contributed by atoms with Crippen LogP contribution in [-0.2, 0) is 4.79 Å². The third kappa shape index (κ3) is 1.92. The van der Waals surface area contributed by atoms with Crippen molar-refractivity contribution < 1.29 is 27.6 Å². The van der Waals surface area contributed by atoms with Crippen LogP contribution < -0.4 is 5.12 Å². The fraction of sp³-hybridized carbons (Fsp3) is 0.182. The molecule has 3 nitrogen and oxygen atoms in total. The van der Waals surface area contributed by atoms with E-state index in [9.17, 15) is 22.4 Å². The number of hydrogen-bond donors (Lipinski definition) is 1. The normalized spacial score (nSPS) is 19.2. The number of hydrogen-bond acceptors (Lipinski definition) is 2. The predicted octanol–water partition coefficient (Wildman–Crippen LogP) is 2.79. The van der Waals surface area contributed by atoms with E-state index in [1.165, 1.54) is 18.2 Å². The fourth-order valence-electron chi connectivity index (χ4n) is 1.80. The van der Waals surface area contributed by atoms with Crippen LogP contribution in [0.1, 0.15) is 5.56 Å². The third-order valence-electron chi connectivity index (χ3n) is 2.56. The lowest BCUT2D eigenvalue weighted by Crippen LogP contribution is -2.46. The number of alkyl halides is 3. The van der Waals surface area contributed by atoms with Gasteiger partial charge in [-0.15, -0.1) is 0 Å². The standard InChI is InChI=1S/C11H7F4NO2/c12-11(13,14)9-7(10(17)18)5-6-3-1-2-4-8(6)16(9)15/h1-5,9H,(H,17,18). The number of fused-ring (bicyclic) bond motifs is 1. The Bertz CT molecular complexity index is 524. The fourth-order valence-corrected chi connectivity index (χ4v) is 1.80. The van der Waals surface area contributed by atoms with E-state index >= 15 is 0 Å². The Morgan fingerprint density at radius 3 is 2.44 bits per heavy atom. The maximum Gasteiger partial charge on any atom is 0.416 e. The molecule has 0 saturated heterocycles. The SMILES string of the molecule is O=C(O)C1=Cc2ccccc2N(F)C1C(F)(F)F. The van der Waals surface area contributed by atoms with Gasteiger partial charge in [0.05, 0.1) is 11.3 Å². The van der Waals surface area contributed by atoms with Gasteiger partial charge in [-0.05, 0) is 12.1 Å². The van der Waals surface area contributed by atoms with Crippen molar-refractivity contribution in [2.24, 2.45) is 0 Å². The molecule has 1 aliphatic rings. The van der Waals surface area contributed by atoms with E-state index in [0.717, 1.165) is 12.1 Å². The van der Waals surface area contributed by atoms with Gasteiger partial charge in [0.1, 0.15) is 0 Å². The molecule has 96 valence electrons. The summed E-state index contributed by atoms with van der Waals surface area (Å²) in [4.78, 5) is 10.8. The van der Waals surface area contributed by atoms with Crippen molar-refractivity contribution in [2.45, 2.75) is 12.2 Å². The number of halogens is 4. The molecule has 7 heteroatoms. The number of carboxylic acid groups (broad SMARTS) is 1. The number of benzene rings is 1. The Morgan fingerprint density at radius 1 is 1.28 bits per heavy atom. The van der Waals surface area contributed by atoms with Crippen molar-refractivity contribution in [1.82, 2.24) is 0 Å². The van der Waals surface area contributed by atoms with Gasteiger partial charge < -0.3 is 5.11 Å². The van der Waals surface area contributed by atoms with E-state index < -0.39 is 28.9 Å². The minimum atomic E-state index is -5.01. The van der Waals surface area contributed by atoms with Crippen LogP contribution in [-0.4, -0.2) is 23.3 Å². The van der Waals surface area contributed by atoms with Crippen molar-refractivity contribution in [3.8, 4) is 0 Å². The topological polar surface area (TPSA) is 40.5 Å². The van der Waals surface area contributed by atoms with Crippen molar-refractivity contribution in [1.29, 1.82) is 0 Å². The Labute approximate surface area is 98.9 Å². The number of para-hydroxylation sites is 1. The van der Waals surface area contributed by atoms with E-state index in [4.69, 9.17) is 5.11 Å². The molecule has 0 fully saturated rings. The van der Waals surface area contributed by atoms with Crippen molar-refractivity contribution in [3.63, 3.8) is 0 Å². The summed E-state index contributed by atoms with van der Waals surface area (Å²) in [7, 11) is 0. The molecular formula is C11H7F4NO2. The number of carbonyl (C=O) groups is 1. The molecule has 1 atom stereocenters. The zero-order chi connectivity index (χ0) is 13.5. The summed E-state index contributed by atoms with van der Waals surface area (Å²) in [6.45, 7) is 0. The second-order valence-corrected chi connectivity index (χ2v) is 3.72. The molecule has 1 aromatic carbocycles. The van der Waals surface area contributed by atoms with E-state index in [2.05, 4.69) is 0 Å². The summed E-state index contributed by atoms with van der Waals surface area (Å²) in [6, 6.07) is 2.57. The molecule has 0 radical (unpaired) electrons. The van der Waals surface area contributed by atoms with Crippen LogP contribution in [0.15, 0.2) is 29.8 Å². The maximum atomic E-state index is 13.8. The molecule has 0 aromatic heterocycles. The average molecular weight is 261 g/mol. The van der Waals surface area contributed by atoms with E-state index in [1.807, 2.05) is 0 Å². The molecule has 0 saturated carbocycles. The first-order chi connectivity index (χ1) is 8.32. The zero-order valence-electron chi connectivity index (χ0n) is 8.78. The van der Waals surface area contributed by atoms with Crippen molar-refractivity contribution >= 4 is 17.7 Å². The summed E-state index contributed by atoms with van der Waals surface area (Å²) in [5.74, 6) is -1.80. The number of carboxylic acids is 1. The highest BCUT2D eigenvalue weighted by Crippen LogP contribution is 2.40. The number of aliphatic carboxylic acids is 1. The monoisotopic (exact) mass is 261 g/mol. The first kappa shape index (κ1) is 12.4. The molecule has 1 heterocycles. The predicted molar refractivity (Wildman–Crippen MR) is 55.5 cm³/mol. The largest absolute Gasteiger partial charge is 0.478 e. The number of nitrogens with zero attached hydrogens (tertiary/aromatic N) is 1. The second kappa shape index (κ2) is 4.01. The first-order valence-corrected chi connectivity index (χ1v) is 4.88. The van der Waals surface area contributed by atoms with E-state index in [-0.39, 0.29) is 11.3 Å². The van der Waals surface area contributed by atoms with Gasteiger partial charge in [-0.3, -0.25) is 0 Å². The quantitative estimate of drug-likeness (QED) is 0.624. The average Bonchev–Trinajstić information content (AvgIpc) is 2.27. The van der Waals surface area contributed by atoms with Crippen molar-refractivity contribution in [3.05, 3.63) is 35.4 Å².